The monoisotopic (exact) mass is 476 g/mol. The van der Waals surface area contributed by atoms with Crippen molar-refractivity contribution in [2.75, 3.05) is 46.2 Å². The molecule has 0 bridgehead atoms. The number of rotatable bonds is 7. The normalized spacial score (nSPS) is 15.1. The van der Waals surface area contributed by atoms with Crippen molar-refractivity contribution < 1.29 is 22.7 Å². The average Bonchev–Trinajstić information content (AvgIpc) is 3.25. The van der Waals surface area contributed by atoms with Gasteiger partial charge in [0.15, 0.2) is 16.7 Å². The second kappa shape index (κ2) is 9.39. The van der Waals surface area contributed by atoms with Crippen LogP contribution in [0.2, 0.25) is 0 Å². The van der Waals surface area contributed by atoms with Gasteiger partial charge in [0.05, 0.1) is 35.9 Å². The zero-order chi connectivity index (χ0) is 22.7. The van der Waals surface area contributed by atoms with Crippen LogP contribution in [-0.4, -0.2) is 79.6 Å². The van der Waals surface area contributed by atoms with Gasteiger partial charge in [0.1, 0.15) is 0 Å². The lowest BCUT2D eigenvalue weighted by Gasteiger charge is -2.34. The summed E-state index contributed by atoms with van der Waals surface area (Å²) in [5.41, 5.74) is 1.79. The Kier molecular flexibility index (Phi) is 6.58. The maximum atomic E-state index is 13.0. The van der Waals surface area contributed by atoms with E-state index in [0.29, 0.717) is 29.7 Å². The molecule has 1 aromatic heterocycles. The van der Waals surface area contributed by atoms with E-state index in [1.54, 1.807) is 11.0 Å². The quantitative estimate of drug-likeness (QED) is 0.521. The number of sulfonamides is 1. The number of methoxy groups -OCH3 is 2. The molecule has 1 saturated heterocycles. The fourth-order valence-corrected chi connectivity index (χ4v) is 5.75. The number of ether oxygens (including phenoxy) is 2. The van der Waals surface area contributed by atoms with E-state index in [2.05, 4.69) is 9.97 Å². The van der Waals surface area contributed by atoms with E-state index in [-0.39, 0.29) is 29.6 Å². The van der Waals surface area contributed by atoms with Crippen LogP contribution in [0.3, 0.4) is 0 Å². The summed E-state index contributed by atoms with van der Waals surface area (Å²) in [5, 5.41) is 0.689. The summed E-state index contributed by atoms with van der Waals surface area (Å²) in [6.45, 7) is 1.15. The molecular weight excluding hydrogens is 452 g/mol. The number of H-pyrrole nitrogens is 1. The number of nitrogens with zero attached hydrogens (tertiary/aromatic N) is 3. The highest BCUT2D eigenvalue weighted by atomic mass is 32.2. The van der Waals surface area contributed by atoms with E-state index in [0.717, 1.165) is 11.0 Å². The van der Waals surface area contributed by atoms with Gasteiger partial charge in [0, 0.05) is 32.2 Å². The summed E-state index contributed by atoms with van der Waals surface area (Å²) in [6, 6.07) is 12.2. The van der Waals surface area contributed by atoms with Crippen LogP contribution in [-0.2, 0) is 14.8 Å². The molecule has 1 amide bonds. The number of imidazole rings is 1. The van der Waals surface area contributed by atoms with Gasteiger partial charge in [0.25, 0.3) is 0 Å². The lowest BCUT2D eigenvalue weighted by molar-refractivity contribution is -0.129. The topological polar surface area (TPSA) is 105 Å². The van der Waals surface area contributed by atoms with Crippen molar-refractivity contribution in [2.45, 2.75) is 10.1 Å². The van der Waals surface area contributed by atoms with E-state index in [9.17, 15) is 13.2 Å². The first-order valence-corrected chi connectivity index (χ1v) is 12.4. The van der Waals surface area contributed by atoms with Crippen LogP contribution in [0.1, 0.15) is 0 Å². The summed E-state index contributed by atoms with van der Waals surface area (Å²) in [5.74, 6) is 1.01. The van der Waals surface area contributed by atoms with Crippen molar-refractivity contribution in [2.24, 2.45) is 0 Å². The minimum atomic E-state index is -3.70. The second-order valence-electron chi connectivity index (χ2n) is 7.15. The Morgan fingerprint density at radius 1 is 1.06 bits per heavy atom. The van der Waals surface area contributed by atoms with E-state index in [1.807, 2.05) is 24.3 Å². The smallest absolute Gasteiger partial charge is 0.243 e. The minimum Gasteiger partial charge on any atom is -0.493 e. The minimum absolute atomic E-state index is 0.0429. The standard InChI is InChI=1S/C21H24N4O5S2/c1-29-18-8-7-15(13-19(18)30-2)32(27,28)25-11-9-24(10-12-25)20(26)14-31-21-22-16-5-3-4-6-17(16)23-21/h3-8,13H,9-12,14H2,1-2H3,(H,22,23). The highest BCUT2D eigenvalue weighted by molar-refractivity contribution is 7.99. The van der Waals surface area contributed by atoms with Gasteiger partial charge in [-0.05, 0) is 24.3 Å². The molecule has 3 aromatic rings. The Morgan fingerprint density at radius 2 is 1.78 bits per heavy atom. The number of fused-ring (bicyclic) bond motifs is 1. The average molecular weight is 477 g/mol. The third-order valence-corrected chi connectivity index (χ3v) is 8.04. The number of piperazine rings is 1. The first kappa shape index (κ1) is 22.4. The predicted molar refractivity (Wildman–Crippen MR) is 122 cm³/mol. The van der Waals surface area contributed by atoms with Crippen molar-refractivity contribution >= 4 is 38.7 Å². The highest BCUT2D eigenvalue weighted by Gasteiger charge is 2.30. The van der Waals surface area contributed by atoms with Gasteiger partial charge in [0.2, 0.25) is 15.9 Å². The van der Waals surface area contributed by atoms with Crippen molar-refractivity contribution in [3.05, 3.63) is 42.5 Å². The van der Waals surface area contributed by atoms with Gasteiger partial charge < -0.3 is 19.4 Å². The lowest BCUT2D eigenvalue weighted by atomic mass is 10.3. The molecule has 32 heavy (non-hydrogen) atoms. The Balaban J connectivity index is 1.35. The van der Waals surface area contributed by atoms with Gasteiger partial charge in [-0.25, -0.2) is 13.4 Å². The molecule has 0 atom stereocenters. The van der Waals surface area contributed by atoms with Gasteiger partial charge in [-0.2, -0.15) is 4.31 Å². The number of carbonyl (C=O) groups excluding carboxylic acids is 1. The van der Waals surface area contributed by atoms with Gasteiger partial charge in [-0.3, -0.25) is 4.79 Å². The summed E-state index contributed by atoms with van der Waals surface area (Å²) in [4.78, 5) is 22.1. The molecule has 0 radical (unpaired) electrons. The van der Waals surface area contributed by atoms with Crippen LogP contribution < -0.4 is 9.47 Å². The number of hydrogen-bond acceptors (Lipinski definition) is 7. The Morgan fingerprint density at radius 3 is 2.47 bits per heavy atom. The molecule has 0 spiro atoms. The van der Waals surface area contributed by atoms with Gasteiger partial charge >= 0.3 is 0 Å². The fourth-order valence-electron chi connectivity index (χ4n) is 3.52. The molecule has 1 aliphatic rings. The SMILES string of the molecule is COc1ccc(S(=O)(=O)N2CCN(C(=O)CSc3nc4ccccc4[nH]3)CC2)cc1OC. The molecule has 0 aliphatic carbocycles. The van der Waals surface area contributed by atoms with Crippen LogP contribution in [0.15, 0.2) is 52.5 Å². The number of thioether (sulfide) groups is 1. The molecule has 11 heteroatoms. The molecule has 4 rings (SSSR count). The zero-order valence-corrected chi connectivity index (χ0v) is 19.4. The Labute approximate surface area is 190 Å². The molecule has 1 aliphatic heterocycles. The van der Waals surface area contributed by atoms with Crippen molar-refractivity contribution in [3.8, 4) is 11.5 Å². The summed E-state index contributed by atoms with van der Waals surface area (Å²) in [6.07, 6.45) is 0. The van der Waals surface area contributed by atoms with Crippen molar-refractivity contribution in [3.63, 3.8) is 0 Å². The Hall–Kier alpha value is -2.76. The van der Waals surface area contributed by atoms with Crippen molar-refractivity contribution in [1.82, 2.24) is 19.2 Å². The van der Waals surface area contributed by atoms with Crippen LogP contribution in [0.5, 0.6) is 11.5 Å². The number of amides is 1. The maximum Gasteiger partial charge on any atom is 0.243 e. The van der Waals surface area contributed by atoms with E-state index in [1.165, 1.54) is 42.4 Å². The largest absolute Gasteiger partial charge is 0.493 e. The van der Waals surface area contributed by atoms with Crippen LogP contribution >= 0.6 is 11.8 Å². The number of nitrogens with one attached hydrogen (secondary N) is 1. The highest BCUT2D eigenvalue weighted by Crippen LogP contribution is 2.31. The van der Waals surface area contributed by atoms with Crippen LogP contribution in [0.25, 0.3) is 11.0 Å². The fraction of sp³-hybridized carbons (Fsp3) is 0.333. The van der Waals surface area contributed by atoms with Gasteiger partial charge in [-0.15, -0.1) is 0 Å². The molecule has 0 saturated carbocycles. The summed E-state index contributed by atoms with van der Waals surface area (Å²) in [7, 11) is -0.744. The number of aromatic amines is 1. The number of para-hydroxylation sites is 2. The molecule has 1 N–H and O–H groups in total. The number of aromatic nitrogens is 2. The summed E-state index contributed by atoms with van der Waals surface area (Å²) < 4.78 is 37.9. The van der Waals surface area contributed by atoms with Gasteiger partial charge in [-0.1, -0.05) is 23.9 Å². The van der Waals surface area contributed by atoms with E-state index < -0.39 is 10.0 Å². The van der Waals surface area contributed by atoms with Crippen LogP contribution in [0.4, 0.5) is 0 Å². The molecule has 2 aromatic carbocycles. The van der Waals surface area contributed by atoms with E-state index >= 15 is 0 Å². The van der Waals surface area contributed by atoms with Crippen LogP contribution in [0, 0.1) is 0 Å². The molecule has 9 nitrogen and oxygen atoms in total. The Bertz CT molecular complexity index is 1190. The summed E-state index contributed by atoms with van der Waals surface area (Å²) >= 11 is 1.34. The maximum absolute atomic E-state index is 13.0. The predicted octanol–water partition coefficient (Wildman–Crippen LogP) is 2.21. The first-order valence-electron chi connectivity index (χ1n) is 10.00. The number of benzene rings is 2. The first-order chi connectivity index (χ1) is 15.4. The zero-order valence-electron chi connectivity index (χ0n) is 17.8. The van der Waals surface area contributed by atoms with Crippen molar-refractivity contribution in [1.29, 1.82) is 0 Å². The molecule has 170 valence electrons. The molecule has 2 heterocycles. The third-order valence-electron chi connectivity index (χ3n) is 5.28. The number of carbonyl (C=O) groups is 1. The molecule has 1 fully saturated rings. The van der Waals surface area contributed by atoms with E-state index in [4.69, 9.17) is 9.47 Å². The lowest BCUT2D eigenvalue weighted by Crippen LogP contribution is -2.50. The second-order valence-corrected chi connectivity index (χ2v) is 10.1. The third kappa shape index (κ3) is 4.54. The molecular formula is C21H24N4O5S2. The number of hydrogen-bond donors (Lipinski definition) is 1. The molecule has 0 unspecified atom stereocenters.